The Labute approximate surface area is 164 Å². The van der Waals surface area contributed by atoms with Crippen molar-refractivity contribution in [2.75, 3.05) is 53.0 Å². The van der Waals surface area contributed by atoms with Crippen molar-refractivity contribution in [2.45, 2.75) is 13.0 Å². The number of amides is 1. The lowest BCUT2D eigenvalue weighted by Gasteiger charge is -2.37. The van der Waals surface area contributed by atoms with Gasteiger partial charge in [-0.05, 0) is 13.0 Å². The Morgan fingerprint density at radius 2 is 1.96 bits per heavy atom. The number of aliphatic carboxylic acids is 1. The van der Waals surface area contributed by atoms with Crippen LogP contribution >= 0.6 is 0 Å². The molecule has 152 valence electrons. The van der Waals surface area contributed by atoms with Crippen molar-refractivity contribution in [2.24, 2.45) is 0 Å². The number of benzene rings is 1. The van der Waals surface area contributed by atoms with Crippen molar-refractivity contribution in [3.8, 4) is 0 Å². The van der Waals surface area contributed by atoms with Gasteiger partial charge in [0.15, 0.2) is 0 Å². The van der Waals surface area contributed by atoms with Crippen LogP contribution in [-0.4, -0.2) is 84.8 Å². The van der Waals surface area contributed by atoms with E-state index in [1.54, 1.807) is 7.11 Å². The maximum absolute atomic E-state index is 12.2. The number of nitrogens with one attached hydrogen (secondary N) is 2. The highest BCUT2D eigenvalue weighted by Crippen LogP contribution is 2.32. The van der Waals surface area contributed by atoms with Gasteiger partial charge >= 0.3 is 5.97 Å². The van der Waals surface area contributed by atoms with Crippen LogP contribution in [0.2, 0.25) is 0 Å². The molecule has 1 saturated heterocycles. The van der Waals surface area contributed by atoms with Crippen LogP contribution in [0, 0.1) is 6.92 Å². The molecule has 1 aliphatic rings. The lowest BCUT2D eigenvalue weighted by molar-refractivity contribution is -0.144. The molecule has 3 N–H and O–H groups in total. The fourth-order valence-corrected chi connectivity index (χ4v) is 3.84. The maximum atomic E-state index is 12.2. The number of methoxy groups -OCH3 is 1. The lowest BCUT2D eigenvalue weighted by Crippen LogP contribution is -2.51. The van der Waals surface area contributed by atoms with E-state index in [1.165, 1.54) is 0 Å². The number of carbonyl (C=O) groups is 2. The van der Waals surface area contributed by atoms with Gasteiger partial charge < -0.3 is 20.1 Å². The molecule has 0 saturated carbocycles. The first kappa shape index (κ1) is 20.3. The second-order valence-corrected chi connectivity index (χ2v) is 7.10. The minimum absolute atomic E-state index is 0.0345. The Bertz CT molecular complexity index is 827. The summed E-state index contributed by atoms with van der Waals surface area (Å²) in [5.74, 6) is -0.883. The predicted octanol–water partition coefficient (Wildman–Crippen LogP) is 0.982. The molecule has 1 fully saturated rings. The first-order chi connectivity index (χ1) is 13.5. The van der Waals surface area contributed by atoms with Crippen molar-refractivity contribution in [3.63, 3.8) is 0 Å². The Morgan fingerprint density at radius 1 is 1.25 bits per heavy atom. The largest absolute Gasteiger partial charge is 0.480 e. The third-order valence-electron chi connectivity index (χ3n) is 5.22. The molecular formula is C20H28N4O4. The van der Waals surface area contributed by atoms with E-state index in [2.05, 4.69) is 15.2 Å². The zero-order valence-corrected chi connectivity index (χ0v) is 16.4. The van der Waals surface area contributed by atoms with Crippen LogP contribution in [-0.2, 0) is 14.3 Å². The van der Waals surface area contributed by atoms with Crippen molar-refractivity contribution in [1.29, 1.82) is 0 Å². The molecule has 0 bridgehead atoms. The van der Waals surface area contributed by atoms with Crippen LogP contribution in [0.5, 0.6) is 0 Å². The molecule has 2 heterocycles. The number of ether oxygens (including phenoxy) is 1. The Balaban J connectivity index is 1.66. The molecule has 2 aromatic rings. The Kier molecular flexibility index (Phi) is 6.66. The van der Waals surface area contributed by atoms with Crippen LogP contribution in [0.4, 0.5) is 0 Å². The molecule has 8 nitrogen and oxygen atoms in total. The van der Waals surface area contributed by atoms with E-state index in [0.717, 1.165) is 22.2 Å². The normalized spacial score (nSPS) is 16.9. The van der Waals surface area contributed by atoms with E-state index >= 15 is 0 Å². The van der Waals surface area contributed by atoms with Gasteiger partial charge in [-0.2, -0.15) is 0 Å². The van der Waals surface area contributed by atoms with E-state index < -0.39 is 12.0 Å². The highest BCUT2D eigenvalue weighted by atomic mass is 16.5. The van der Waals surface area contributed by atoms with Gasteiger partial charge in [-0.3, -0.25) is 19.4 Å². The highest BCUT2D eigenvalue weighted by molar-refractivity contribution is 5.90. The number of hydrogen-bond donors (Lipinski definition) is 3. The summed E-state index contributed by atoms with van der Waals surface area (Å²) in [6.45, 7) is 5.74. The number of H-pyrrole nitrogens is 1. The van der Waals surface area contributed by atoms with E-state index in [1.807, 2.05) is 36.1 Å². The molecule has 1 aromatic heterocycles. The standard InChI is InChI=1S/C20H28N4O4/c1-14-18(15-5-3-4-6-16(15)22-14)19(20(26)27)24-10-8-23(9-11-24)13-17(25)21-7-12-28-2/h3-6,19,22H,7-13H2,1-2H3,(H,21,25)(H,26,27). The number of aromatic amines is 1. The molecule has 0 spiro atoms. The third-order valence-corrected chi connectivity index (χ3v) is 5.22. The molecule has 1 aromatic carbocycles. The Morgan fingerprint density at radius 3 is 2.64 bits per heavy atom. The summed E-state index contributed by atoms with van der Waals surface area (Å²) in [6, 6.07) is 7.09. The number of nitrogens with zero attached hydrogens (tertiary/aromatic N) is 2. The van der Waals surface area contributed by atoms with Crippen molar-refractivity contribution in [1.82, 2.24) is 20.1 Å². The number of fused-ring (bicyclic) bond motifs is 1. The van der Waals surface area contributed by atoms with Gasteiger partial charge in [-0.15, -0.1) is 0 Å². The molecule has 0 aliphatic carbocycles. The zero-order chi connectivity index (χ0) is 20.1. The van der Waals surface area contributed by atoms with Gasteiger partial charge in [0.2, 0.25) is 5.91 Å². The SMILES string of the molecule is COCCNC(=O)CN1CCN(C(C(=O)O)c2c(C)[nH]c3ccccc23)CC1. The monoisotopic (exact) mass is 388 g/mol. The number of piperazine rings is 1. The fourth-order valence-electron chi connectivity index (χ4n) is 3.84. The van der Waals surface area contributed by atoms with Gasteiger partial charge in [-0.25, -0.2) is 0 Å². The third kappa shape index (κ3) is 4.52. The number of para-hydroxylation sites is 1. The van der Waals surface area contributed by atoms with Crippen LogP contribution in [0.3, 0.4) is 0 Å². The van der Waals surface area contributed by atoms with Crippen LogP contribution in [0.15, 0.2) is 24.3 Å². The average molecular weight is 388 g/mol. The van der Waals surface area contributed by atoms with E-state index in [-0.39, 0.29) is 5.91 Å². The number of carboxylic acid groups (broad SMARTS) is 1. The van der Waals surface area contributed by atoms with Crippen molar-refractivity contribution < 1.29 is 19.4 Å². The van der Waals surface area contributed by atoms with Gasteiger partial charge in [0.1, 0.15) is 6.04 Å². The number of carbonyl (C=O) groups excluding carboxylic acids is 1. The molecule has 1 atom stereocenters. The minimum Gasteiger partial charge on any atom is -0.480 e. The van der Waals surface area contributed by atoms with Crippen LogP contribution in [0.1, 0.15) is 17.3 Å². The van der Waals surface area contributed by atoms with E-state index in [4.69, 9.17) is 4.74 Å². The summed E-state index contributed by atoms with van der Waals surface area (Å²) in [5, 5.41) is 13.7. The smallest absolute Gasteiger partial charge is 0.325 e. The molecule has 1 amide bonds. The van der Waals surface area contributed by atoms with Crippen LogP contribution in [0.25, 0.3) is 10.9 Å². The molecule has 1 unspecified atom stereocenters. The number of hydrogen-bond acceptors (Lipinski definition) is 5. The first-order valence-corrected chi connectivity index (χ1v) is 9.53. The van der Waals surface area contributed by atoms with Crippen LogP contribution < -0.4 is 5.32 Å². The van der Waals surface area contributed by atoms with E-state index in [9.17, 15) is 14.7 Å². The topological polar surface area (TPSA) is 97.9 Å². The van der Waals surface area contributed by atoms with Gasteiger partial charge in [-0.1, -0.05) is 18.2 Å². The second kappa shape index (κ2) is 9.18. The zero-order valence-electron chi connectivity index (χ0n) is 16.4. The molecule has 1 aliphatic heterocycles. The summed E-state index contributed by atoms with van der Waals surface area (Å²) in [7, 11) is 1.60. The molecule has 0 radical (unpaired) electrons. The maximum Gasteiger partial charge on any atom is 0.325 e. The summed E-state index contributed by atoms with van der Waals surface area (Å²) < 4.78 is 4.93. The molecular weight excluding hydrogens is 360 g/mol. The quantitative estimate of drug-likeness (QED) is 0.584. The fraction of sp³-hybridized carbons (Fsp3) is 0.500. The van der Waals surface area contributed by atoms with E-state index in [0.29, 0.717) is 45.9 Å². The summed E-state index contributed by atoms with van der Waals surface area (Å²) in [5.41, 5.74) is 2.66. The van der Waals surface area contributed by atoms with Gasteiger partial charge in [0.25, 0.3) is 0 Å². The van der Waals surface area contributed by atoms with Gasteiger partial charge in [0.05, 0.1) is 13.2 Å². The van der Waals surface area contributed by atoms with Gasteiger partial charge in [0, 0.05) is 62.0 Å². The average Bonchev–Trinajstić information content (AvgIpc) is 2.99. The molecule has 3 rings (SSSR count). The molecule has 8 heteroatoms. The minimum atomic E-state index is -0.849. The summed E-state index contributed by atoms with van der Waals surface area (Å²) in [4.78, 5) is 31.5. The first-order valence-electron chi connectivity index (χ1n) is 9.53. The number of rotatable bonds is 8. The lowest BCUT2D eigenvalue weighted by atomic mass is 10.0. The number of carboxylic acids is 1. The summed E-state index contributed by atoms with van der Waals surface area (Å²) in [6.07, 6.45) is 0. The van der Waals surface area contributed by atoms with Crippen molar-refractivity contribution >= 4 is 22.8 Å². The Hall–Kier alpha value is -2.42. The number of aromatic nitrogens is 1. The second-order valence-electron chi connectivity index (χ2n) is 7.10. The number of aryl methyl sites for hydroxylation is 1. The predicted molar refractivity (Wildman–Crippen MR) is 106 cm³/mol. The summed E-state index contributed by atoms with van der Waals surface area (Å²) >= 11 is 0. The highest BCUT2D eigenvalue weighted by Gasteiger charge is 2.33. The van der Waals surface area contributed by atoms with Crippen molar-refractivity contribution in [3.05, 3.63) is 35.5 Å². The molecule has 28 heavy (non-hydrogen) atoms.